The summed E-state index contributed by atoms with van der Waals surface area (Å²) in [6.45, 7) is 9.16. The molecule has 1 atom stereocenters. The van der Waals surface area contributed by atoms with E-state index in [0.717, 1.165) is 13.0 Å². The van der Waals surface area contributed by atoms with Gasteiger partial charge in [-0.2, -0.15) is 0 Å². The van der Waals surface area contributed by atoms with Crippen molar-refractivity contribution < 1.29 is 5.11 Å². The SMILES string of the molecule is CC(O)(CCNC(C)(C)C)Cc1ccccc1. The zero-order chi connectivity index (χ0) is 12.9. The molecular formula is C15H25NO. The van der Waals surface area contributed by atoms with Crippen molar-refractivity contribution in [1.82, 2.24) is 5.32 Å². The summed E-state index contributed by atoms with van der Waals surface area (Å²) in [4.78, 5) is 0. The first-order valence-electron chi connectivity index (χ1n) is 6.30. The highest BCUT2D eigenvalue weighted by Crippen LogP contribution is 2.16. The van der Waals surface area contributed by atoms with Crippen LogP contribution in [0.2, 0.25) is 0 Å². The maximum absolute atomic E-state index is 10.3. The third kappa shape index (κ3) is 6.44. The van der Waals surface area contributed by atoms with Gasteiger partial charge in [0.2, 0.25) is 0 Å². The molecule has 1 unspecified atom stereocenters. The lowest BCUT2D eigenvalue weighted by molar-refractivity contribution is 0.0499. The van der Waals surface area contributed by atoms with Gasteiger partial charge in [-0.05, 0) is 46.2 Å². The first kappa shape index (κ1) is 14.2. The second kappa shape index (κ2) is 5.65. The normalized spacial score (nSPS) is 15.6. The van der Waals surface area contributed by atoms with Crippen molar-refractivity contribution in [3.8, 4) is 0 Å². The molecule has 1 aromatic rings. The second-order valence-electron chi connectivity index (χ2n) is 6.09. The Morgan fingerprint density at radius 1 is 1.06 bits per heavy atom. The molecule has 0 saturated carbocycles. The van der Waals surface area contributed by atoms with Gasteiger partial charge in [-0.3, -0.25) is 0 Å². The number of aliphatic hydroxyl groups is 1. The summed E-state index contributed by atoms with van der Waals surface area (Å²) in [6.07, 6.45) is 1.47. The Bertz CT molecular complexity index is 325. The van der Waals surface area contributed by atoms with Crippen LogP contribution in [0.1, 0.15) is 39.7 Å². The van der Waals surface area contributed by atoms with Crippen LogP contribution in [0.3, 0.4) is 0 Å². The molecule has 0 heterocycles. The fourth-order valence-electron chi connectivity index (χ4n) is 1.83. The summed E-state index contributed by atoms with van der Waals surface area (Å²) in [7, 11) is 0. The fraction of sp³-hybridized carbons (Fsp3) is 0.600. The van der Waals surface area contributed by atoms with E-state index in [2.05, 4.69) is 38.2 Å². The highest BCUT2D eigenvalue weighted by molar-refractivity contribution is 5.16. The van der Waals surface area contributed by atoms with Crippen LogP contribution in [0.4, 0.5) is 0 Å². The van der Waals surface area contributed by atoms with Gasteiger partial charge in [0, 0.05) is 12.0 Å². The van der Waals surface area contributed by atoms with Crippen LogP contribution in [0, 0.1) is 0 Å². The third-order valence-corrected chi connectivity index (χ3v) is 2.75. The lowest BCUT2D eigenvalue weighted by atomic mass is 9.93. The molecule has 0 saturated heterocycles. The summed E-state index contributed by atoms with van der Waals surface area (Å²) in [5.74, 6) is 0. The van der Waals surface area contributed by atoms with Crippen LogP contribution in [0.25, 0.3) is 0 Å². The highest BCUT2D eigenvalue weighted by Gasteiger charge is 2.21. The summed E-state index contributed by atoms with van der Waals surface area (Å²) >= 11 is 0. The Balaban J connectivity index is 2.41. The number of hydrogen-bond donors (Lipinski definition) is 2. The third-order valence-electron chi connectivity index (χ3n) is 2.75. The van der Waals surface area contributed by atoms with Gasteiger partial charge in [0.25, 0.3) is 0 Å². The lowest BCUT2D eigenvalue weighted by Crippen LogP contribution is -2.40. The summed E-state index contributed by atoms with van der Waals surface area (Å²) in [6, 6.07) is 10.1. The van der Waals surface area contributed by atoms with Crippen molar-refractivity contribution >= 4 is 0 Å². The van der Waals surface area contributed by atoms with E-state index in [4.69, 9.17) is 0 Å². The molecule has 0 bridgehead atoms. The molecule has 0 aromatic heterocycles. The van der Waals surface area contributed by atoms with Gasteiger partial charge in [-0.25, -0.2) is 0 Å². The standard InChI is InChI=1S/C15H25NO/c1-14(2,3)16-11-10-15(4,17)12-13-8-6-5-7-9-13/h5-9,16-17H,10-12H2,1-4H3. The maximum Gasteiger partial charge on any atom is 0.0672 e. The molecule has 0 aliphatic heterocycles. The smallest absolute Gasteiger partial charge is 0.0672 e. The van der Waals surface area contributed by atoms with Crippen LogP contribution in [0.15, 0.2) is 30.3 Å². The van der Waals surface area contributed by atoms with Gasteiger partial charge < -0.3 is 10.4 Å². The summed E-state index contributed by atoms with van der Waals surface area (Å²) < 4.78 is 0. The zero-order valence-electron chi connectivity index (χ0n) is 11.5. The van der Waals surface area contributed by atoms with E-state index in [0.29, 0.717) is 6.42 Å². The molecule has 0 fully saturated rings. The predicted octanol–water partition coefficient (Wildman–Crippen LogP) is 2.76. The number of rotatable bonds is 5. The number of hydrogen-bond acceptors (Lipinski definition) is 2. The van der Waals surface area contributed by atoms with Crippen LogP contribution in [-0.2, 0) is 6.42 Å². The molecule has 0 aliphatic carbocycles. The predicted molar refractivity (Wildman–Crippen MR) is 73.1 cm³/mol. The van der Waals surface area contributed by atoms with E-state index in [1.165, 1.54) is 5.56 Å². The minimum atomic E-state index is -0.639. The Labute approximate surface area is 105 Å². The lowest BCUT2D eigenvalue weighted by Gasteiger charge is -2.27. The van der Waals surface area contributed by atoms with Gasteiger partial charge in [0.05, 0.1) is 5.60 Å². The molecule has 1 rings (SSSR count). The maximum atomic E-state index is 10.3. The Morgan fingerprint density at radius 3 is 2.18 bits per heavy atom. The fourth-order valence-corrected chi connectivity index (χ4v) is 1.83. The molecule has 2 N–H and O–H groups in total. The van der Waals surface area contributed by atoms with E-state index < -0.39 is 5.60 Å². The molecule has 2 nitrogen and oxygen atoms in total. The quantitative estimate of drug-likeness (QED) is 0.822. The first-order valence-corrected chi connectivity index (χ1v) is 6.30. The Kier molecular flexibility index (Phi) is 4.72. The molecule has 1 aromatic carbocycles. The monoisotopic (exact) mass is 235 g/mol. The van der Waals surface area contributed by atoms with Crippen LogP contribution < -0.4 is 5.32 Å². The number of nitrogens with one attached hydrogen (secondary N) is 1. The van der Waals surface area contributed by atoms with E-state index in [-0.39, 0.29) is 5.54 Å². The topological polar surface area (TPSA) is 32.3 Å². The van der Waals surface area contributed by atoms with Crippen LogP contribution in [0.5, 0.6) is 0 Å². The molecule has 0 radical (unpaired) electrons. The zero-order valence-corrected chi connectivity index (χ0v) is 11.5. The minimum Gasteiger partial charge on any atom is -0.390 e. The molecule has 0 amide bonds. The molecule has 0 aliphatic rings. The van der Waals surface area contributed by atoms with E-state index >= 15 is 0 Å². The van der Waals surface area contributed by atoms with Crippen LogP contribution >= 0.6 is 0 Å². The summed E-state index contributed by atoms with van der Waals surface area (Å²) in [5.41, 5.74) is 0.663. The largest absolute Gasteiger partial charge is 0.390 e. The van der Waals surface area contributed by atoms with Crippen molar-refractivity contribution in [2.24, 2.45) is 0 Å². The average molecular weight is 235 g/mol. The molecule has 0 spiro atoms. The Hall–Kier alpha value is -0.860. The van der Waals surface area contributed by atoms with Gasteiger partial charge >= 0.3 is 0 Å². The molecular weight excluding hydrogens is 210 g/mol. The van der Waals surface area contributed by atoms with Crippen molar-refractivity contribution in [2.45, 2.75) is 51.7 Å². The molecule has 17 heavy (non-hydrogen) atoms. The van der Waals surface area contributed by atoms with Crippen molar-refractivity contribution in [3.63, 3.8) is 0 Å². The van der Waals surface area contributed by atoms with E-state index in [1.807, 2.05) is 25.1 Å². The van der Waals surface area contributed by atoms with Crippen LogP contribution in [-0.4, -0.2) is 22.8 Å². The summed E-state index contributed by atoms with van der Waals surface area (Å²) in [5, 5.41) is 13.7. The van der Waals surface area contributed by atoms with Gasteiger partial charge in [0.15, 0.2) is 0 Å². The van der Waals surface area contributed by atoms with Gasteiger partial charge in [-0.1, -0.05) is 30.3 Å². The van der Waals surface area contributed by atoms with Crippen molar-refractivity contribution in [1.29, 1.82) is 0 Å². The van der Waals surface area contributed by atoms with Crippen molar-refractivity contribution in [3.05, 3.63) is 35.9 Å². The molecule has 96 valence electrons. The first-order chi connectivity index (χ1) is 7.79. The minimum absolute atomic E-state index is 0.114. The second-order valence-corrected chi connectivity index (χ2v) is 6.09. The highest BCUT2D eigenvalue weighted by atomic mass is 16.3. The number of benzene rings is 1. The van der Waals surface area contributed by atoms with E-state index in [1.54, 1.807) is 0 Å². The Morgan fingerprint density at radius 2 is 1.65 bits per heavy atom. The van der Waals surface area contributed by atoms with Gasteiger partial charge in [0.1, 0.15) is 0 Å². The van der Waals surface area contributed by atoms with Gasteiger partial charge in [-0.15, -0.1) is 0 Å². The molecule has 2 heteroatoms. The van der Waals surface area contributed by atoms with E-state index in [9.17, 15) is 5.11 Å². The average Bonchev–Trinajstić information content (AvgIpc) is 2.15. The van der Waals surface area contributed by atoms with Crippen molar-refractivity contribution in [2.75, 3.05) is 6.54 Å².